The van der Waals surface area contributed by atoms with Gasteiger partial charge in [-0.15, -0.1) is 0 Å². The molecule has 0 aliphatic heterocycles. The summed E-state index contributed by atoms with van der Waals surface area (Å²) in [4.78, 5) is 34.2. The standard InChI is InChI=1S/C6H5N3O4S/c1-3(11)7-6-8-4(2-10)5(14-6)9(12)13/h2H,1H3,(H,7,8,11). The van der Waals surface area contributed by atoms with E-state index in [1.807, 2.05) is 0 Å². The van der Waals surface area contributed by atoms with Crippen LogP contribution in [0.4, 0.5) is 10.1 Å². The molecule has 74 valence electrons. The first-order chi connectivity index (χ1) is 6.54. The van der Waals surface area contributed by atoms with Crippen LogP contribution in [-0.2, 0) is 4.79 Å². The number of nitrogens with zero attached hydrogens (tertiary/aromatic N) is 2. The first kappa shape index (κ1) is 10.3. The predicted octanol–water partition coefficient (Wildman–Crippen LogP) is 0.822. The maximum absolute atomic E-state index is 10.6. The second-order valence-electron chi connectivity index (χ2n) is 2.27. The number of carbonyl (C=O) groups excluding carboxylic acids is 2. The Balaban J connectivity index is 3.06. The van der Waals surface area contributed by atoms with Crippen LogP contribution < -0.4 is 5.32 Å². The van der Waals surface area contributed by atoms with Crippen LogP contribution in [0.3, 0.4) is 0 Å². The molecule has 14 heavy (non-hydrogen) atoms. The maximum Gasteiger partial charge on any atom is 0.356 e. The summed E-state index contributed by atoms with van der Waals surface area (Å²) in [5.41, 5.74) is -0.274. The van der Waals surface area contributed by atoms with Gasteiger partial charge in [0.1, 0.15) is 0 Å². The fraction of sp³-hybridized carbons (Fsp3) is 0.167. The fourth-order valence-electron chi connectivity index (χ4n) is 0.736. The molecule has 1 heterocycles. The van der Waals surface area contributed by atoms with Crippen molar-refractivity contribution in [3.63, 3.8) is 0 Å². The second kappa shape index (κ2) is 3.92. The van der Waals surface area contributed by atoms with Crippen LogP contribution in [0.2, 0.25) is 0 Å². The Hall–Kier alpha value is -1.83. The summed E-state index contributed by atoms with van der Waals surface area (Å²) in [5, 5.41) is 12.3. The van der Waals surface area contributed by atoms with Gasteiger partial charge in [-0.25, -0.2) is 4.98 Å². The number of carbonyl (C=O) groups is 2. The van der Waals surface area contributed by atoms with Crippen molar-refractivity contribution in [1.82, 2.24) is 4.98 Å². The van der Waals surface area contributed by atoms with Gasteiger partial charge >= 0.3 is 5.00 Å². The molecule has 0 unspecified atom stereocenters. The van der Waals surface area contributed by atoms with Crippen molar-refractivity contribution in [2.75, 3.05) is 5.32 Å². The van der Waals surface area contributed by atoms with Crippen LogP contribution in [0.15, 0.2) is 0 Å². The van der Waals surface area contributed by atoms with Gasteiger partial charge in [0, 0.05) is 6.92 Å². The number of nitrogens with one attached hydrogen (secondary N) is 1. The Labute approximate surface area is 81.9 Å². The first-order valence-corrected chi connectivity index (χ1v) is 4.24. The molecule has 7 nitrogen and oxygen atoms in total. The van der Waals surface area contributed by atoms with E-state index in [-0.39, 0.29) is 22.1 Å². The summed E-state index contributed by atoms with van der Waals surface area (Å²) < 4.78 is 0. The van der Waals surface area contributed by atoms with Crippen molar-refractivity contribution in [3.8, 4) is 0 Å². The van der Waals surface area contributed by atoms with Crippen LogP contribution >= 0.6 is 11.3 Å². The average molecular weight is 215 g/mol. The highest BCUT2D eigenvalue weighted by atomic mass is 32.1. The Morgan fingerprint density at radius 2 is 2.36 bits per heavy atom. The highest BCUT2D eigenvalue weighted by molar-refractivity contribution is 7.19. The third kappa shape index (κ3) is 2.10. The maximum atomic E-state index is 10.6. The molecule has 0 radical (unpaired) electrons. The van der Waals surface area contributed by atoms with Gasteiger partial charge in [-0.2, -0.15) is 0 Å². The van der Waals surface area contributed by atoms with Crippen LogP contribution in [0, 0.1) is 10.1 Å². The molecule has 0 bridgehead atoms. The lowest BCUT2D eigenvalue weighted by Gasteiger charge is -1.90. The number of hydrogen-bond donors (Lipinski definition) is 1. The highest BCUT2D eigenvalue weighted by Crippen LogP contribution is 2.28. The van der Waals surface area contributed by atoms with Gasteiger partial charge in [0.2, 0.25) is 5.91 Å². The lowest BCUT2D eigenvalue weighted by atomic mass is 10.5. The lowest BCUT2D eigenvalue weighted by molar-refractivity contribution is -0.380. The number of aromatic nitrogens is 1. The Morgan fingerprint density at radius 1 is 1.71 bits per heavy atom. The first-order valence-electron chi connectivity index (χ1n) is 3.42. The van der Waals surface area contributed by atoms with Gasteiger partial charge in [0.05, 0.1) is 4.92 Å². The second-order valence-corrected chi connectivity index (χ2v) is 3.24. The predicted molar refractivity (Wildman–Crippen MR) is 48.5 cm³/mol. The third-order valence-corrected chi connectivity index (χ3v) is 2.13. The molecule has 0 aromatic carbocycles. The third-order valence-electron chi connectivity index (χ3n) is 1.19. The quantitative estimate of drug-likeness (QED) is 0.456. The van der Waals surface area contributed by atoms with Gasteiger partial charge in [-0.3, -0.25) is 19.7 Å². The van der Waals surface area contributed by atoms with Crippen molar-refractivity contribution in [3.05, 3.63) is 15.8 Å². The van der Waals surface area contributed by atoms with Gasteiger partial charge in [-0.1, -0.05) is 0 Å². The molecule has 0 saturated heterocycles. The molecule has 1 rings (SSSR count). The highest BCUT2D eigenvalue weighted by Gasteiger charge is 2.20. The van der Waals surface area contributed by atoms with Crippen molar-refractivity contribution in [2.24, 2.45) is 0 Å². The number of rotatable bonds is 3. The zero-order valence-corrected chi connectivity index (χ0v) is 7.83. The zero-order valence-electron chi connectivity index (χ0n) is 7.01. The molecule has 0 aliphatic rings. The van der Waals surface area contributed by atoms with Crippen LogP contribution in [0.5, 0.6) is 0 Å². The van der Waals surface area contributed by atoms with Crippen molar-refractivity contribution >= 4 is 33.7 Å². The summed E-state index contributed by atoms with van der Waals surface area (Å²) in [7, 11) is 0. The molecule has 0 spiro atoms. The van der Waals surface area contributed by atoms with Crippen molar-refractivity contribution < 1.29 is 14.5 Å². The van der Waals surface area contributed by atoms with E-state index in [1.165, 1.54) is 6.92 Å². The average Bonchev–Trinajstić information content (AvgIpc) is 2.46. The molecular formula is C6H5N3O4S. The summed E-state index contributed by atoms with van der Waals surface area (Å²) >= 11 is 0.647. The van der Waals surface area contributed by atoms with Gasteiger partial charge in [-0.05, 0) is 11.3 Å². The summed E-state index contributed by atoms with van der Waals surface area (Å²) in [5.74, 6) is -0.397. The van der Waals surface area contributed by atoms with E-state index in [9.17, 15) is 19.7 Å². The normalized spacial score (nSPS) is 9.50. The lowest BCUT2D eigenvalue weighted by Crippen LogP contribution is -2.05. The van der Waals surface area contributed by atoms with Crippen LogP contribution in [-0.4, -0.2) is 22.1 Å². The number of aldehydes is 1. The topological polar surface area (TPSA) is 102 Å². The molecular weight excluding hydrogens is 210 g/mol. The summed E-state index contributed by atoms with van der Waals surface area (Å²) in [6.45, 7) is 1.24. The molecule has 0 aliphatic carbocycles. The van der Waals surface area contributed by atoms with E-state index in [0.717, 1.165) is 0 Å². The molecule has 0 atom stereocenters. The molecule has 0 saturated carbocycles. The number of nitro groups is 1. The van der Waals surface area contributed by atoms with Crippen LogP contribution in [0.25, 0.3) is 0 Å². The SMILES string of the molecule is CC(=O)Nc1nc(C=O)c([N+](=O)[O-])s1. The number of hydrogen-bond acceptors (Lipinski definition) is 6. The molecule has 1 amide bonds. The van der Waals surface area contributed by atoms with Crippen molar-refractivity contribution in [1.29, 1.82) is 0 Å². The fourth-order valence-corrected chi connectivity index (χ4v) is 1.53. The molecule has 1 N–H and O–H groups in total. The monoisotopic (exact) mass is 215 g/mol. The number of anilines is 1. The minimum absolute atomic E-state index is 0.0475. The minimum Gasteiger partial charge on any atom is -0.302 e. The van der Waals surface area contributed by atoms with E-state index in [2.05, 4.69) is 10.3 Å². The summed E-state index contributed by atoms with van der Waals surface area (Å²) in [6, 6.07) is 0. The van der Waals surface area contributed by atoms with Gasteiger partial charge < -0.3 is 5.32 Å². The minimum atomic E-state index is -0.716. The smallest absolute Gasteiger partial charge is 0.302 e. The number of amides is 1. The molecule has 1 aromatic rings. The molecule has 0 fully saturated rings. The van der Waals surface area contributed by atoms with Crippen LogP contribution in [0.1, 0.15) is 17.4 Å². The molecule has 8 heteroatoms. The summed E-state index contributed by atoms with van der Waals surface area (Å²) in [6.07, 6.45) is 0.278. The van der Waals surface area contributed by atoms with Gasteiger partial charge in [0.25, 0.3) is 0 Å². The largest absolute Gasteiger partial charge is 0.356 e. The Kier molecular flexibility index (Phi) is 2.87. The van der Waals surface area contributed by atoms with E-state index < -0.39 is 10.8 Å². The van der Waals surface area contributed by atoms with E-state index in [1.54, 1.807) is 0 Å². The number of thiazole rings is 1. The zero-order chi connectivity index (χ0) is 10.7. The molecule has 1 aromatic heterocycles. The van der Waals surface area contributed by atoms with Gasteiger partial charge in [0.15, 0.2) is 17.1 Å². The Morgan fingerprint density at radius 3 is 2.71 bits per heavy atom. The Bertz CT molecular complexity index is 400. The van der Waals surface area contributed by atoms with E-state index >= 15 is 0 Å². The van der Waals surface area contributed by atoms with Crippen molar-refractivity contribution in [2.45, 2.75) is 6.92 Å². The van der Waals surface area contributed by atoms with E-state index in [0.29, 0.717) is 11.3 Å². The van der Waals surface area contributed by atoms with E-state index in [4.69, 9.17) is 0 Å².